The monoisotopic (exact) mass is 353 g/mol. The highest BCUT2D eigenvalue weighted by molar-refractivity contribution is 5.53. The molecule has 0 radical (unpaired) electrons. The summed E-state index contributed by atoms with van der Waals surface area (Å²) in [5, 5.41) is 10.2. The Labute approximate surface area is 150 Å². The fourth-order valence-electron chi connectivity index (χ4n) is 3.28. The molecule has 0 amide bonds. The minimum absolute atomic E-state index is 0.305. The molecule has 1 aliphatic heterocycles. The summed E-state index contributed by atoms with van der Waals surface area (Å²) in [6, 6.07) is 4.26. The van der Waals surface area contributed by atoms with Gasteiger partial charge in [0.15, 0.2) is 11.5 Å². The van der Waals surface area contributed by atoms with Gasteiger partial charge in [0.2, 0.25) is 5.75 Å². The van der Waals surface area contributed by atoms with Crippen molar-refractivity contribution in [2.24, 2.45) is 0 Å². The molecule has 1 N–H and O–H groups in total. The van der Waals surface area contributed by atoms with Crippen molar-refractivity contribution in [3.8, 4) is 17.2 Å². The summed E-state index contributed by atoms with van der Waals surface area (Å²) in [5.41, 5.74) is 0.910. The molecule has 1 heterocycles. The molecule has 6 nitrogen and oxygen atoms in total. The van der Waals surface area contributed by atoms with E-state index in [-0.39, 0.29) is 0 Å². The Hall–Kier alpha value is -1.50. The van der Waals surface area contributed by atoms with Crippen molar-refractivity contribution in [3.05, 3.63) is 17.7 Å². The molecule has 1 fully saturated rings. The van der Waals surface area contributed by atoms with E-state index in [2.05, 4.69) is 11.8 Å². The third-order valence-corrected chi connectivity index (χ3v) is 4.69. The van der Waals surface area contributed by atoms with Crippen LogP contribution in [0.1, 0.15) is 31.7 Å². The molecular formula is C19H31NO5. The first-order valence-electron chi connectivity index (χ1n) is 8.87. The van der Waals surface area contributed by atoms with E-state index in [0.29, 0.717) is 43.0 Å². The minimum atomic E-state index is -0.484. The Morgan fingerprint density at radius 2 is 1.80 bits per heavy atom. The van der Waals surface area contributed by atoms with Crippen molar-refractivity contribution in [2.45, 2.75) is 44.9 Å². The quantitative estimate of drug-likeness (QED) is 0.736. The molecule has 1 aromatic carbocycles. The van der Waals surface area contributed by atoms with E-state index in [1.807, 2.05) is 12.1 Å². The fraction of sp³-hybridized carbons (Fsp3) is 0.684. The predicted molar refractivity (Wildman–Crippen MR) is 96.6 cm³/mol. The van der Waals surface area contributed by atoms with Crippen LogP contribution >= 0.6 is 0 Å². The molecular weight excluding hydrogens is 322 g/mol. The Kier molecular flexibility index (Phi) is 7.81. The van der Waals surface area contributed by atoms with Crippen molar-refractivity contribution in [2.75, 3.05) is 41.0 Å². The van der Waals surface area contributed by atoms with Crippen molar-refractivity contribution >= 4 is 0 Å². The lowest BCUT2D eigenvalue weighted by molar-refractivity contribution is -0.00146. The minimum Gasteiger partial charge on any atom is -0.493 e. The van der Waals surface area contributed by atoms with E-state index in [9.17, 15) is 5.11 Å². The molecule has 142 valence electrons. The van der Waals surface area contributed by atoms with Crippen molar-refractivity contribution in [3.63, 3.8) is 0 Å². The number of β-amino-alcohol motifs (C(OH)–C–C–N with tert-alkyl or cyclic N) is 1. The standard InChI is InChI=1S/C19H31NO5/c1-14-7-5-6-8-20(14)11-16(21)13-25-12-15-9-17(22-2)19(24-4)18(10-15)23-3/h9-10,14,16,21H,5-8,11-13H2,1-4H3/t14-,16-/m0/s1. The van der Waals surface area contributed by atoms with E-state index in [4.69, 9.17) is 18.9 Å². The maximum absolute atomic E-state index is 10.2. The van der Waals surface area contributed by atoms with Gasteiger partial charge in [-0.05, 0) is 44.0 Å². The Balaban J connectivity index is 1.86. The number of ether oxygens (including phenoxy) is 4. The summed E-state index contributed by atoms with van der Waals surface area (Å²) in [6.07, 6.45) is 3.22. The number of nitrogens with zero attached hydrogens (tertiary/aromatic N) is 1. The fourth-order valence-corrected chi connectivity index (χ4v) is 3.28. The first-order valence-corrected chi connectivity index (χ1v) is 8.87. The zero-order chi connectivity index (χ0) is 18.2. The van der Waals surface area contributed by atoms with Crippen LogP contribution in [0.3, 0.4) is 0 Å². The summed E-state index contributed by atoms with van der Waals surface area (Å²) in [4.78, 5) is 2.34. The van der Waals surface area contributed by atoms with Crippen LogP contribution in [0.5, 0.6) is 17.2 Å². The van der Waals surface area contributed by atoms with Gasteiger partial charge in [-0.1, -0.05) is 6.42 Å². The number of hydrogen-bond acceptors (Lipinski definition) is 6. The SMILES string of the molecule is COc1cc(COC[C@@H](O)CN2CCCC[C@@H]2C)cc(OC)c1OC. The highest BCUT2D eigenvalue weighted by Crippen LogP contribution is 2.38. The van der Waals surface area contributed by atoms with Crippen LogP contribution in [0.25, 0.3) is 0 Å². The topological polar surface area (TPSA) is 60.4 Å². The Morgan fingerprint density at radius 1 is 1.12 bits per heavy atom. The molecule has 0 spiro atoms. The molecule has 2 rings (SSSR count). The number of aliphatic hydroxyl groups excluding tert-OH is 1. The van der Waals surface area contributed by atoms with Gasteiger partial charge < -0.3 is 24.1 Å². The highest BCUT2D eigenvalue weighted by atomic mass is 16.5. The summed E-state index contributed by atoms with van der Waals surface area (Å²) < 4.78 is 21.7. The average Bonchev–Trinajstić information content (AvgIpc) is 2.62. The summed E-state index contributed by atoms with van der Waals surface area (Å²) in [7, 11) is 4.76. The number of aliphatic hydroxyl groups is 1. The Bertz CT molecular complexity index is 512. The first kappa shape index (κ1) is 19.8. The van der Waals surface area contributed by atoms with Gasteiger partial charge in [-0.2, -0.15) is 0 Å². The van der Waals surface area contributed by atoms with Gasteiger partial charge in [-0.25, -0.2) is 0 Å². The van der Waals surface area contributed by atoms with Gasteiger partial charge in [-0.15, -0.1) is 0 Å². The highest BCUT2D eigenvalue weighted by Gasteiger charge is 2.21. The maximum atomic E-state index is 10.2. The number of benzene rings is 1. The number of rotatable bonds is 9. The van der Waals surface area contributed by atoms with Gasteiger partial charge >= 0.3 is 0 Å². The number of methoxy groups -OCH3 is 3. The van der Waals surface area contributed by atoms with Gasteiger partial charge in [0.1, 0.15) is 0 Å². The van der Waals surface area contributed by atoms with Gasteiger partial charge in [0.05, 0.1) is 40.6 Å². The normalized spacial score (nSPS) is 19.5. The molecule has 0 bridgehead atoms. The third kappa shape index (κ3) is 5.49. The van der Waals surface area contributed by atoms with Crippen molar-refractivity contribution < 1.29 is 24.1 Å². The first-order chi connectivity index (χ1) is 12.1. The average molecular weight is 353 g/mol. The zero-order valence-corrected chi connectivity index (χ0v) is 15.8. The Morgan fingerprint density at radius 3 is 2.36 bits per heavy atom. The van der Waals surface area contributed by atoms with Crippen LogP contribution in [0.15, 0.2) is 12.1 Å². The van der Waals surface area contributed by atoms with Crippen LogP contribution in [-0.4, -0.2) is 63.2 Å². The van der Waals surface area contributed by atoms with E-state index < -0.39 is 6.10 Å². The molecule has 1 aromatic rings. The lowest BCUT2D eigenvalue weighted by Crippen LogP contribution is -2.43. The third-order valence-electron chi connectivity index (χ3n) is 4.69. The van der Waals surface area contributed by atoms with Gasteiger partial charge in [-0.3, -0.25) is 4.90 Å². The summed E-state index contributed by atoms with van der Waals surface area (Å²) in [6.45, 7) is 4.63. The lowest BCUT2D eigenvalue weighted by atomic mass is 10.0. The largest absolute Gasteiger partial charge is 0.493 e. The molecule has 6 heteroatoms. The van der Waals surface area contributed by atoms with Crippen molar-refractivity contribution in [1.29, 1.82) is 0 Å². The van der Waals surface area contributed by atoms with E-state index >= 15 is 0 Å². The molecule has 2 atom stereocenters. The molecule has 0 aliphatic carbocycles. The van der Waals surface area contributed by atoms with E-state index in [1.54, 1.807) is 21.3 Å². The second-order valence-electron chi connectivity index (χ2n) is 6.54. The zero-order valence-electron chi connectivity index (χ0n) is 15.8. The molecule has 25 heavy (non-hydrogen) atoms. The van der Waals surface area contributed by atoms with Gasteiger partial charge in [0, 0.05) is 12.6 Å². The van der Waals surface area contributed by atoms with Crippen molar-refractivity contribution in [1.82, 2.24) is 4.90 Å². The molecule has 1 aliphatic rings. The van der Waals surface area contributed by atoms with Crippen LogP contribution in [0.4, 0.5) is 0 Å². The molecule has 0 saturated carbocycles. The van der Waals surface area contributed by atoms with E-state index in [0.717, 1.165) is 12.1 Å². The summed E-state index contributed by atoms with van der Waals surface area (Å²) in [5.74, 6) is 1.76. The van der Waals surface area contributed by atoms with E-state index in [1.165, 1.54) is 19.3 Å². The smallest absolute Gasteiger partial charge is 0.203 e. The maximum Gasteiger partial charge on any atom is 0.203 e. The second-order valence-corrected chi connectivity index (χ2v) is 6.54. The number of piperidine rings is 1. The second kappa shape index (κ2) is 9.85. The van der Waals surface area contributed by atoms with Crippen LogP contribution in [0.2, 0.25) is 0 Å². The summed E-state index contributed by atoms with van der Waals surface area (Å²) >= 11 is 0. The predicted octanol–water partition coefficient (Wildman–Crippen LogP) is 2.46. The number of likely N-dealkylation sites (tertiary alicyclic amines) is 1. The lowest BCUT2D eigenvalue weighted by Gasteiger charge is -2.34. The number of hydrogen-bond donors (Lipinski definition) is 1. The molecule has 0 aromatic heterocycles. The van der Waals surface area contributed by atoms with Crippen LogP contribution in [0, 0.1) is 0 Å². The van der Waals surface area contributed by atoms with Gasteiger partial charge in [0.25, 0.3) is 0 Å². The van der Waals surface area contributed by atoms with Crippen LogP contribution < -0.4 is 14.2 Å². The molecule has 1 saturated heterocycles. The molecule has 0 unspecified atom stereocenters. The van der Waals surface area contributed by atoms with Crippen LogP contribution in [-0.2, 0) is 11.3 Å².